The number of nitrogens with zero attached hydrogens (tertiary/aromatic N) is 1. The van der Waals surface area contributed by atoms with Crippen LogP contribution in [-0.4, -0.2) is 50.9 Å². The number of nitrogens with one attached hydrogen (secondary N) is 2. The summed E-state index contributed by atoms with van der Waals surface area (Å²) in [5.41, 5.74) is 1.50. The van der Waals surface area contributed by atoms with Crippen LogP contribution in [0.5, 0.6) is 11.5 Å². The van der Waals surface area contributed by atoms with Crippen molar-refractivity contribution < 1.29 is 22.7 Å². The van der Waals surface area contributed by atoms with Gasteiger partial charge < -0.3 is 19.8 Å². The summed E-state index contributed by atoms with van der Waals surface area (Å²) >= 11 is 0. The van der Waals surface area contributed by atoms with E-state index in [1.165, 1.54) is 18.5 Å². The molecule has 8 nitrogen and oxygen atoms in total. The molecule has 2 N–H and O–H groups in total. The SMILES string of the molecule is COc1ccc(OC)c(NC(=O)c2[nH]c(C)c(S(=O)(=O)N3CCC(C)CC3)c2C)c1. The molecule has 2 aromatic rings. The Labute approximate surface area is 177 Å². The number of hydrogen-bond donors (Lipinski definition) is 2. The van der Waals surface area contributed by atoms with Crippen molar-refractivity contribution in [2.24, 2.45) is 5.92 Å². The number of rotatable bonds is 6. The average molecular weight is 436 g/mol. The fraction of sp³-hybridized carbons (Fsp3) is 0.476. The normalized spacial score (nSPS) is 15.8. The molecule has 1 aliphatic heterocycles. The van der Waals surface area contributed by atoms with Gasteiger partial charge in [-0.25, -0.2) is 8.42 Å². The molecule has 0 bridgehead atoms. The monoisotopic (exact) mass is 435 g/mol. The minimum Gasteiger partial charge on any atom is -0.497 e. The van der Waals surface area contributed by atoms with Crippen molar-refractivity contribution in [2.75, 3.05) is 32.6 Å². The average Bonchev–Trinajstić information content (AvgIpc) is 3.03. The smallest absolute Gasteiger partial charge is 0.272 e. The first-order valence-electron chi connectivity index (χ1n) is 9.91. The van der Waals surface area contributed by atoms with Gasteiger partial charge in [-0.15, -0.1) is 0 Å². The van der Waals surface area contributed by atoms with Gasteiger partial charge in [0.2, 0.25) is 10.0 Å². The van der Waals surface area contributed by atoms with Crippen molar-refractivity contribution >= 4 is 21.6 Å². The Bertz CT molecular complexity index is 1040. The predicted octanol–water partition coefficient (Wildman–Crippen LogP) is 3.32. The Kier molecular flexibility index (Phi) is 6.42. The Hall–Kier alpha value is -2.52. The number of methoxy groups -OCH3 is 2. The number of hydrogen-bond acceptors (Lipinski definition) is 5. The van der Waals surface area contributed by atoms with Gasteiger partial charge in [-0.3, -0.25) is 4.79 Å². The molecule has 0 radical (unpaired) electrons. The van der Waals surface area contributed by atoms with Crippen molar-refractivity contribution in [1.29, 1.82) is 0 Å². The highest BCUT2D eigenvalue weighted by Gasteiger charge is 2.33. The molecule has 1 aliphatic rings. The zero-order chi connectivity index (χ0) is 22.1. The van der Waals surface area contributed by atoms with Crippen molar-refractivity contribution in [3.8, 4) is 11.5 Å². The molecule has 1 fully saturated rings. The minimum atomic E-state index is -3.68. The molecule has 0 aliphatic carbocycles. The summed E-state index contributed by atoms with van der Waals surface area (Å²) in [6.45, 7) is 6.45. The van der Waals surface area contributed by atoms with Gasteiger partial charge in [0.1, 0.15) is 22.1 Å². The number of aromatic amines is 1. The molecular weight excluding hydrogens is 406 g/mol. The number of carbonyl (C=O) groups is 1. The molecule has 1 saturated heterocycles. The van der Waals surface area contributed by atoms with Crippen LogP contribution in [0.25, 0.3) is 0 Å². The lowest BCUT2D eigenvalue weighted by Gasteiger charge is -2.29. The highest BCUT2D eigenvalue weighted by Crippen LogP contribution is 2.32. The molecule has 1 amide bonds. The van der Waals surface area contributed by atoms with Crippen molar-refractivity contribution in [2.45, 2.75) is 38.5 Å². The number of carbonyl (C=O) groups excluding carboxylic acids is 1. The number of benzene rings is 1. The van der Waals surface area contributed by atoms with Gasteiger partial charge in [-0.2, -0.15) is 4.31 Å². The fourth-order valence-corrected chi connectivity index (χ4v) is 5.67. The van der Waals surface area contributed by atoms with Gasteiger partial charge in [-0.05, 0) is 50.3 Å². The number of piperidine rings is 1. The maximum atomic E-state index is 13.3. The highest BCUT2D eigenvalue weighted by atomic mass is 32.2. The van der Waals surface area contributed by atoms with Crippen LogP contribution in [-0.2, 0) is 10.0 Å². The third kappa shape index (κ3) is 4.17. The molecule has 1 aromatic carbocycles. The Morgan fingerprint density at radius 3 is 2.43 bits per heavy atom. The van der Waals surface area contributed by atoms with Crippen molar-refractivity contribution in [1.82, 2.24) is 9.29 Å². The molecule has 9 heteroatoms. The van der Waals surface area contributed by atoms with E-state index in [0.29, 0.717) is 47.5 Å². The first-order valence-corrected chi connectivity index (χ1v) is 11.4. The summed E-state index contributed by atoms with van der Waals surface area (Å²) in [5, 5.41) is 2.79. The number of sulfonamides is 1. The lowest BCUT2D eigenvalue weighted by atomic mass is 10.0. The largest absolute Gasteiger partial charge is 0.497 e. The van der Waals surface area contributed by atoms with E-state index in [4.69, 9.17) is 9.47 Å². The molecule has 0 saturated carbocycles. The zero-order valence-corrected chi connectivity index (χ0v) is 18.9. The molecule has 1 aromatic heterocycles. The van der Waals surface area contributed by atoms with Gasteiger partial charge in [0, 0.05) is 24.8 Å². The van der Waals surface area contributed by atoms with Gasteiger partial charge in [-0.1, -0.05) is 6.92 Å². The van der Waals surface area contributed by atoms with Crippen molar-refractivity contribution in [3.05, 3.63) is 35.2 Å². The zero-order valence-electron chi connectivity index (χ0n) is 18.0. The Morgan fingerprint density at radius 2 is 1.83 bits per heavy atom. The first-order chi connectivity index (χ1) is 14.2. The molecule has 0 unspecified atom stereocenters. The van der Waals surface area contributed by atoms with Crippen LogP contribution in [0, 0.1) is 19.8 Å². The van der Waals surface area contributed by atoms with E-state index in [9.17, 15) is 13.2 Å². The van der Waals surface area contributed by atoms with Gasteiger partial charge in [0.15, 0.2) is 0 Å². The van der Waals surface area contributed by atoms with E-state index in [-0.39, 0.29) is 10.6 Å². The van der Waals surface area contributed by atoms with E-state index < -0.39 is 15.9 Å². The van der Waals surface area contributed by atoms with Crippen LogP contribution >= 0.6 is 0 Å². The summed E-state index contributed by atoms with van der Waals surface area (Å²) in [5.74, 6) is 1.10. The summed E-state index contributed by atoms with van der Waals surface area (Å²) < 4.78 is 38.5. The van der Waals surface area contributed by atoms with Crippen LogP contribution in [0.3, 0.4) is 0 Å². The lowest BCUT2D eigenvalue weighted by Crippen LogP contribution is -2.38. The number of H-pyrrole nitrogens is 1. The minimum absolute atomic E-state index is 0.180. The molecule has 0 spiro atoms. The molecular formula is C21H29N3O5S. The maximum absolute atomic E-state index is 13.3. The predicted molar refractivity (Wildman–Crippen MR) is 115 cm³/mol. The quantitative estimate of drug-likeness (QED) is 0.725. The lowest BCUT2D eigenvalue weighted by molar-refractivity contribution is 0.102. The summed E-state index contributed by atoms with van der Waals surface area (Å²) in [4.78, 5) is 16.1. The number of aryl methyl sites for hydroxylation is 1. The molecule has 3 rings (SSSR count). The first kappa shape index (κ1) is 22.2. The van der Waals surface area contributed by atoms with E-state index in [1.54, 1.807) is 32.0 Å². The number of aromatic nitrogens is 1. The summed E-state index contributed by atoms with van der Waals surface area (Å²) in [6.07, 6.45) is 1.68. The number of amides is 1. The number of ether oxygens (including phenoxy) is 2. The summed E-state index contributed by atoms with van der Waals surface area (Å²) in [6, 6.07) is 5.06. The third-order valence-corrected chi connectivity index (χ3v) is 7.76. The van der Waals surface area contributed by atoms with E-state index in [1.807, 2.05) is 0 Å². The summed E-state index contributed by atoms with van der Waals surface area (Å²) in [7, 11) is -0.641. The Morgan fingerprint density at radius 1 is 1.17 bits per heavy atom. The second-order valence-electron chi connectivity index (χ2n) is 7.69. The van der Waals surface area contributed by atoms with E-state index in [2.05, 4.69) is 17.2 Å². The second kappa shape index (κ2) is 8.69. The van der Waals surface area contributed by atoms with Gasteiger partial charge in [0.05, 0.1) is 19.9 Å². The van der Waals surface area contributed by atoms with Crippen LogP contribution in [0.4, 0.5) is 5.69 Å². The van der Waals surface area contributed by atoms with Crippen LogP contribution in [0.2, 0.25) is 0 Å². The topological polar surface area (TPSA) is 101 Å². The molecule has 30 heavy (non-hydrogen) atoms. The highest BCUT2D eigenvalue weighted by molar-refractivity contribution is 7.89. The van der Waals surface area contributed by atoms with E-state index in [0.717, 1.165) is 12.8 Å². The second-order valence-corrected chi connectivity index (χ2v) is 9.56. The third-order valence-electron chi connectivity index (χ3n) is 5.59. The van der Waals surface area contributed by atoms with Gasteiger partial charge in [0.25, 0.3) is 5.91 Å². The molecule has 2 heterocycles. The maximum Gasteiger partial charge on any atom is 0.272 e. The van der Waals surface area contributed by atoms with Crippen LogP contribution in [0.15, 0.2) is 23.1 Å². The van der Waals surface area contributed by atoms with Crippen LogP contribution < -0.4 is 14.8 Å². The Balaban J connectivity index is 1.91. The van der Waals surface area contributed by atoms with Crippen LogP contribution in [0.1, 0.15) is 41.5 Å². The number of anilines is 1. The van der Waals surface area contributed by atoms with E-state index >= 15 is 0 Å². The molecule has 164 valence electrons. The van der Waals surface area contributed by atoms with Gasteiger partial charge >= 0.3 is 0 Å². The molecule has 0 atom stereocenters. The fourth-order valence-electron chi connectivity index (χ4n) is 3.80. The van der Waals surface area contributed by atoms with Crippen molar-refractivity contribution in [3.63, 3.8) is 0 Å². The standard InChI is InChI=1S/C21H29N3O5S/c1-13-8-10-24(11-9-13)30(26,27)20-14(2)19(22-15(20)3)21(25)23-17-12-16(28-4)6-7-18(17)29-5/h6-7,12-13,22H,8-11H2,1-5H3,(H,23,25).